The fraction of sp³-hybridized carbons (Fsp3) is 0.800. The highest BCUT2D eigenvalue weighted by Gasteiger charge is 2.14. The van der Waals surface area contributed by atoms with Crippen molar-refractivity contribution in [3.63, 3.8) is 0 Å². The van der Waals surface area contributed by atoms with Crippen LogP contribution in [0.15, 0.2) is 11.6 Å². The molecule has 0 aromatic heterocycles. The molecule has 1 heteroatoms. The van der Waals surface area contributed by atoms with Crippen LogP contribution in [0.25, 0.3) is 0 Å². The molecule has 0 spiro atoms. The SMILES string of the molecule is CC(C)CC(O)C1=CCCC1. The zero-order valence-electron chi connectivity index (χ0n) is 7.51. The second-order valence-electron chi connectivity index (χ2n) is 3.82. The van der Waals surface area contributed by atoms with E-state index in [0.717, 1.165) is 12.8 Å². The number of allylic oxidation sites excluding steroid dienone is 1. The molecule has 0 aromatic carbocycles. The molecule has 0 fully saturated rings. The molecular weight excluding hydrogens is 136 g/mol. The van der Waals surface area contributed by atoms with Gasteiger partial charge in [-0.05, 0) is 37.2 Å². The van der Waals surface area contributed by atoms with Gasteiger partial charge in [-0.25, -0.2) is 0 Å². The Balaban J connectivity index is 2.34. The fourth-order valence-corrected chi connectivity index (χ4v) is 1.60. The van der Waals surface area contributed by atoms with Crippen molar-refractivity contribution in [1.82, 2.24) is 0 Å². The minimum atomic E-state index is -0.155. The van der Waals surface area contributed by atoms with E-state index in [2.05, 4.69) is 19.9 Å². The summed E-state index contributed by atoms with van der Waals surface area (Å²) in [5.41, 5.74) is 1.28. The molecule has 1 rings (SSSR count). The number of rotatable bonds is 3. The summed E-state index contributed by atoms with van der Waals surface area (Å²) in [5, 5.41) is 9.65. The lowest BCUT2D eigenvalue weighted by molar-refractivity contribution is 0.180. The molecule has 0 radical (unpaired) electrons. The van der Waals surface area contributed by atoms with Crippen LogP contribution >= 0.6 is 0 Å². The van der Waals surface area contributed by atoms with Crippen LogP contribution in [0, 0.1) is 5.92 Å². The van der Waals surface area contributed by atoms with Gasteiger partial charge in [-0.3, -0.25) is 0 Å². The standard InChI is InChI=1S/C10H18O/c1-8(2)7-10(11)9-5-3-4-6-9/h5,8,10-11H,3-4,6-7H2,1-2H3. The highest BCUT2D eigenvalue weighted by atomic mass is 16.3. The molecule has 1 aliphatic rings. The van der Waals surface area contributed by atoms with E-state index in [1.807, 2.05) is 0 Å². The molecule has 0 bridgehead atoms. The molecule has 0 heterocycles. The van der Waals surface area contributed by atoms with E-state index in [4.69, 9.17) is 0 Å². The largest absolute Gasteiger partial charge is 0.389 e. The Labute approximate surface area is 69.1 Å². The van der Waals surface area contributed by atoms with Crippen LogP contribution in [-0.4, -0.2) is 11.2 Å². The van der Waals surface area contributed by atoms with Crippen molar-refractivity contribution in [2.45, 2.75) is 45.6 Å². The van der Waals surface area contributed by atoms with Gasteiger partial charge in [0, 0.05) is 0 Å². The van der Waals surface area contributed by atoms with Gasteiger partial charge in [-0.15, -0.1) is 0 Å². The van der Waals surface area contributed by atoms with Gasteiger partial charge in [-0.2, -0.15) is 0 Å². The van der Waals surface area contributed by atoms with Crippen molar-refractivity contribution in [2.75, 3.05) is 0 Å². The van der Waals surface area contributed by atoms with Crippen molar-refractivity contribution in [3.8, 4) is 0 Å². The monoisotopic (exact) mass is 154 g/mol. The van der Waals surface area contributed by atoms with Gasteiger partial charge in [0.1, 0.15) is 0 Å². The van der Waals surface area contributed by atoms with Crippen LogP contribution in [0.5, 0.6) is 0 Å². The Hall–Kier alpha value is -0.300. The summed E-state index contributed by atoms with van der Waals surface area (Å²) in [7, 11) is 0. The van der Waals surface area contributed by atoms with Crippen LogP contribution < -0.4 is 0 Å². The summed E-state index contributed by atoms with van der Waals surface area (Å²) in [4.78, 5) is 0. The van der Waals surface area contributed by atoms with Crippen LogP contribution in [0.2, 0.25) is 0 Å². The Morgan fingerprint density at radius 3 is 2.73 bits per heavy atom. The number of aliphatic hydroxyl groups excluding tert-OH is 1. The molecule has 0 aliphatic heterocycles. The number of hydrogen-bond donors (Lipinski definition) is 1. The summed E-state index contributed by atoms with van der Waals surface area (Å²) in [6, 6.07) is 0. The molecule has 1 atom stereocenters. The first-order valence-corrected chi connectivity index (χ1v) is 4.57. The minimum absolute atomic E-state index is 0.155. The van der Waals surface area contributed by atoms with Gasteiger partial charge >= 0.3 is 0 Å². The third-order valence-electron chi connectivity index (χ3n) is 2.20. The molecule has 0 amide bonds. The van der Waals surface area contributed by atoms with E-state index in [1.165, 1.54) is 18.4 Å². The lowest BCUT2D eigenvalue weighted by Crippen LogP contribution is -2.11. The number of hydrogen-bond acceptors (Lipinski definition) is 1. The molecule has 1 aliphatic carbocycles. The van der Waals surface area contributed by atoms with Gasteiger partial charge in [-0.1, -0.05) is 19.9 Å². The normalized spacial score (nSPS) is 20.5. The molecule has 1 unspecified atom stereocenters. The molecule has 11 heavy (non-hydrogen) atoms. The maximum Gasteiger partial charge on any atom is 0.0752 e. The van der Waals surface area contributed by atoms with E-state index in [-0.39, 0.29) is 6.10 Å². The van der Waals surface area contributed by atoms with Gasteiger partial charge < -0.3 is 5.11 Å². The molecule has 0 saturated heterocycles. The Bertz CT molecular complexity index is 147. The maximum absolute atomic E-state index is 9.65. The maximum atomic E-state index is 9.65. The molecule has 0 saturated carbocycles. The predicted molar refractivity (Wildman–Crippen MR) is 47.4 cm³/mol. The van der Waals surface area contributed by atoms with Crippen molar-refractivity contribution in [3.05, 3.63) is 11.6 Å². The quantitative estimate of drug-likeness (QED) is 0.619. The second kappa shape index (κ2) is 3.91. The number of aliphatic hydroxyl groups is 1. The molecule has 64 valence electrons. The first-order valence-electron chi connectivity index (χ1n) is 4.57. The summed E-state index contributed by atoms with van der Waals surface area (Å²) in [6.07, 6.45) is 6.50. The second-order valence-corrected chi connectivity index (χ2v) is 3.82. The van der Waals surface area contributed by atoms with E-state index in [9.17, 15) is 5.11 Å². The Morgan fingerprint density at radius 2 is 2.27 bits per heavy atom. The summed E-state index contributed by atoms with van der Waals surface area (Å²) < 4.78 is 0. The van der Waals surface area contributed by atoms with E-state index >= 15 is 0 Å². The van der Waals surface area contributed by atoms with Crippen LogP contribution in [0.3, 0.4) is 0 Å². The molecule has 0 aromatic rings. The first-order chi connectivity index (χ1) is 5.20. The van der Waals surface area contributed by atoms with Crippen LogP contribution in [0.4, 0.5) is 0 Å². The average molecular weight is 154 g/mol. The van der Waals surface area contributed by atoms with Crippen molar-refractivity contribution in [2.24, 2.45) is 5.92 Å². The van der Waals surface area contributed by atoms with Gasteiger partial charge in [0.2, 0.25) is 0 Å². The zero-order chi connectivity index (χ0) is 8.27. The van der Waals surface area contributed by atoms with Crippen LogP contribution in [0.1, 0.15) is 39.5 Å². The molecular formula is C10H18O. The van der Waals surface area contributed by atoms with Crippen molar-refractivity contribution in [1.29, 1.82) is 0 Å². The summed E-state index contributed by atoms with van der Waals surface area (Å²) >= 11 is 0. The molecule has 1 N–H and O–H groups in total. The first kappa shape index (κ1) is 8.79. The summed E-state index contributed by atoms with van der Waals surface area (Å²) in [6.45, 7) is 4.30. The van der Waals surface area contributed by atoms with E-state index in [0.29, 0.717) is 5.92 Å². The summed E-state index contributed by atoms with van der Waals surface area (Å²) in [5.74, 6) is 0.603. The highest BCUT2D eigenvalue weighted by molar-refractivity contribution is 5.12. The third-order valence-corrected chi connectivity index (χ3v) is 2.20. The fourth-order valence-electron chi connectivity index (χ4n) is 1.60. The lowest BCUT2D eigenvalue weighted by Gasteiger charge is -2.13. The van der Waals surface area contributed by atoms with E-state index < -0.39 is 0 Å². The van der Waals surface area contributed by atoms with Gasteiger partial charge in [0.25, 0.3) is 0 Å². The lowest BCUT2D eigenvalue weighted by atomic mass is 9.99. The molecule has 1 nitrogen and oxygen atoms in total. The highest BCUT2D eigenvalue weighted by Crippen LogP contribution is 2.23. The van der Waals surface area contributed by atoms with Crippen molar-refractivity contribution >= 4 is 0 Å². The van der Waals surface area contributed by atoms with Gasteiger partial charge in [0.15, 0.2) is 0 Å². The third kappa shape index (κ3) is 2.66. The smallest absolute Gasteiger partial charge is 0.0752 e. The van der Waals surface area contributed by atoms with Crippen molar-refractivity contribution < 1.29 is 5.11 Å². The van der Waals surface area contributed by atoms with E-state index in [1.54, 1.807) is 0 Å². The minimum Gasteiger partial charge on any atom is -0.389 e. The average Bonchev–Trinajstić information content (AvgIpc) is 2.35. The Kier molecular flexibility index (Phi) is 3.13. The van der Waals surface area contributed by atoms with Gasteiger partial charge in [0.05, 0.1) is 6.10 Å². The Morgan fingerprint density at radius 1 is 1.55 bits per heavy atom. The predicted octanol–water partition coefficient (Wildman–Crippen LogP) is 2.50. The van der Waals surface area contributed by atoms with Crippen LogP contribution in [-0.2, 0) is 0 Å². The topological polar surface area (TPSA) is 20.2 Å². The zero-order valence-corrected chi connectivity index (χ0v) is 7.51.